The lowest BCUT2D eigenvalue weighted by atomic mass is 10.0. The van der Waals surface area contributed by atoms with E-state index in [1.54, 1.807) is 0 Å². The predicted molar refractivity (Wildman–Crippen MR) is 68.6 cm³/mol. The van der Waals surface area contributed by atoms with Gasteiger partial charge in [0.05, 0.1) is 6.61 Å². The number of nitrogens with zero attached hydrogens (tertiary/aromatic N) is 1. The summed E-state index contributed by atoms with van der Waals surface area (Å²) in [5, 5.41) is 12.9. The van der Waals surface area contributed by atoms with Crippen LogP contribution in [0.2, 0.25) is 0 Å². The Kier molecular flexibility index (Phi) is 6.32. The van der Waals surface area contributed by atoms with Gasteiger partial charge >= 0.3 is 0 Å². The van der Waals surface area contributed by atoms with Crippen molar-refractivity contribution < 1.29 is 5.11 Å². The molecule has 16 heavy (non-hydrogen) atoms. The molecular weight excluding hydrogens is 200 g/mol. The van der Waals surface area contributed by atoms with Gasteiger partial charge in [-0.25, -0.2) is 0 Å². The largest absolute Gasteiger partial charge is 0.395 e. The van der Waals surface area contributed by atoms with Crippen LogP contribution in [0.3, 0.4) is 0 Å². The summed E-state index contributed by atoms with van der Waals surface area (Å²) in [6.45, 7) is 10.4. The van der Waals surface area contributed by atoms with Gasteiger partial charge < -0.3 is 15.3 Å². The second-order valence-corrected chi connectivity index (χ2v) is 5.26. The molecule has 2 unspecified atom stereocenters. The SMILES string of the molecule is CCN1CCCC(NC(CO)C(C)C)CC1. The highest BCUT2D eigenvalue weighted by Crippen LogP contribution is 2.13. The van der Waals surface area contributed by atoms with Crippen LogP contribution in [0.15, 0.2) is 0 Å². The summed E-state index contributed by atoms with van der Waals surface area (Å²) >= 11 is 0. The van der Waals surface area contributed by atoms with Crippen LogP contribution in [0.4, 0.5) is 0 Å². The van der Waals surface area contributed by atoms with E-state index < -0.39 is 0 Å². The van der Waals surface area contributed by atoms with Crippen LogP contribution in [0, 0.1) is 5.92 Å². The maximum Gasteiger partial charge on any atom is 0.0587 e. The fourth-order valence-corrected chi connectivity index (χ4v) is 2.40. The summed E-state index contributed by atoms with van der Waals surface area (Å²) in [6, 6.07) is 0.856. The molecule has 0 spiro atoms. The predicted octanol–water partition coefficient (Wildman–Crippen LogP) is 1.47. The lowest BCUT2D eigenvalue weighted by molar-refractivity contribution is 0.194. The highest BCUT2D eigenvalue weighted by Gasteiger charge is 2.20. The Morgan fingerprint density at radius 2 is 2.06 bits per heavy atom. The molecule has 1 saturated heterocycles. The third-order valence-electron chi connectivity index (χ3n) is 3.72. The van der Waals surface area contributed by atoms with E-state index >= 15 is 0 Å². The number of aliphatic hydroxyl groups excluding tert-OH is 1. The van der Waals surface area contributed by atoms with Gasteiger partial charge in [-0.3, -0.25) is 0 Å². The van der Waals surface area contributed by atoms with Gasteiger partial charge in [-0.15, -0.1) is 0 Å². The molecule has 0 aliphatic carbocycles. The van der Waals surface area contributed by atoms with E-state index in [0.717, 1.165) is 0 Å². The maximum atomic E-state index is 9.32. The average Bonchev–Trinajstić information content (AvgIpc) is 2.50. The second kappa shape index (κ2) is 7.25. The lowest BCUT2D eigenvalue weighted by Gasteiger charge is -2.26. The van der Waals surface area contributed by atoms with Crippen LogP contribution >= 0.6 is 0 Å². The van der Waals surface area contributed by atoms with Crippen molar-refractivity contribution >= 4 is 0 Å². The van der Waals surface area contributed by atoms with Crippen LogP contribution in [0.1, 0.15) is 40.0 Å². The zero-order valence-corrected chi connectivity index (χ0v) is 11.1. The number of nitrogens with one attached hydrogen (secondary N) is 1. The third-order valence-corrected chi connectivity index (χ3v) is 3.72. The minimum absolute atomic E-state index is 0.256. The smallest absolute Gasteiger partial charge is 0.0587 e. The quantitative estimate of drug-likeness (QED) is 0.748. The summed E-state index contributed by atoms with van der Waals surface area (Å²) in [5.41, 5.74) is 0. The molecule has 0 amide bonds. The average molecular weight is 228 g/mol. The Hall–Kier alpha value is -0.120. The zero-order valence-electron chi connectivity index (χ0n) is 11.1. The monoisotopic (exact) mass is 228 g/mol. The number of rotatable bonds is 5. The Labute approximate surface area is 100 Å². The first-order valence-corrected chi connectivity index (χ1v) is 6.76. The van der Waals surface area contributed by atoms with E-state index in [-0.39, 0.29) is 12.6 Å². The molecule has 2 atom stereocenters. The first-order chi connectivity index (χ1) is 7.67. The second-order valence-electron chi connectivity index (χ2n) is 5.26. The van der Waals surface area contributed by atoms with Gasteiger partial charge in [-0.2, -0.15) is 0 Å². The van der Waals surface area contributed by atoms with E-state index in [1.807, 2.05) is 0 Å². The molecule has 1 fully saturated rings. The molecule has 1 rings (SSSR count). The van der Waals surface area contributed by atoms with Gasteiger partial charge in [-0.05, 0) is 44.8 Å². The molecule has 2 N–H and O–H groups in total. The van der Waals surface area contributed by atoms with E-state index in [4.69, 9.17) is 0 Å². The number of likely N-dealkylation sites (tertiary alicyclic amines) is 1. The van der Waals surface area contributed by atoms with E-state index in [0.29, 0.717) is 12.0 Å². The fourth-order valence-electron chi connectivity index (χ4n) is 2.40. The van der Waals surface area contributed by atoms with E-state index in [2.05, 4.69) is 31.0 Å². The lowest BCUT2D eigenvalue weighted by Crippen LogP contribution is -2.44. The molecule has 0 aromatic heterocycles. The molecule has 1 aliphatic heterocycles. The summed E-state index contributed by atoms with van der Waals surface area (Å²) in [4.78, 5) is 2.52. The molecule has 1 aliphatic rings. The normalized spacial score (nSPS) is 25.7. The maximum absolute atomic E-state index is 9.32. The van der Waals surface area contributed by atoms with Crippen molar-refractivity contribution in [1.82, 2.24) is 10.2 Å². The molecule has 1 heterocycles. The van der Waals surface area contributed by atoms with Crippen molar-refractivity contribution in [1.29, 1.82) is 0 Å². The molecule has 0 aromatic carbocycles. The van der Waals surface area contributed by atoms with Crippen LogP contribution < -0.4 is 5.32 Å². The number of aliphatic hydroxyl groups is 1. The first-order valence-electron chi connectivity index (χ1n) is 6.76. The van der Waals surface area contributed by atoms with Gasteiger partial charge in [-0.1, -0.05) is 20.8 Å². The minimum Gasteiger partial charge on any atom is -0.395 e. The Balaban J connectivity index is 2.36. The fraction of sp³-hybridized carbons (Fsp3) is 1.00. The van der Waals surface area contributed by atoms with Crippen LogP contribution in [-0.4, -0.2) is 48.3 Å². The van der Waals surface area contributed by atoms with E-state index in [9.17, 15) is 5.11 Å². The van der Waals surface area contributed by atoms with Crippen molar-refractivity contribution in [2.45, 2.75) is 52.1 Å². The third kappa shape index (κ3) is 4.40. The molecule has 3 nitrogen and oxygen atoms in total. The molecular formula is C13H28N2O. The highest BCUT2D eigenvalue weighted by atomic mass is 16.3. The molecule has 96 valence electrons. The summed E-state index contributed by atoms with van der Waals surface area (Å²) in [6.07, 6.45) is 3.75. The van der Waals surface area contributed by atoms with Crippen LogP contribution in [0.25, 0.3) is 0 Å². The summed E-state index contributed by atoms with van der Waals surface area (Å²) < 4.78 is 0. The van der Waals surface area contributed by atoms with Crippen molar-refractivity contribution in [2.24, 2.45) is 5.92 Å². The molecule has 0 saturated carbocycles. The van der Waals surface area contributed by atoms with Gasteiger partial charge in [0, 0.05) is 12.1 Å². The Morgan fingerprint density at radius 3 is 2.62 bits per heavy atom. The highest BCUT2D eigenvalue weighted by molar-refractivity contribution is 4.79. The molecule has 0 radical (unpaired) electrons. The molecule has 0 bridgehead atoms. The van der Waals surface area contributed by atoms with Gasteiger partial charge in [0.25, 0.3) is 0 Å². The van der Waals surface area contributed by atoms with Crippen LogP contribution in [0.5, 0.6) is 0 Å². The number of hydrogen-bond acceptors (Lipinski definition) is 3. The summed E-state index contributed by atoms with van der Waals surface area (Å²) in [7, 11) is 0. The standard InChI is InChI=1S/C13H28N2O/c1-4-15-8-5-6-12(7-9-15)14-13(10-16)11(2)3/h11-14,16H,4-10H2,1-3H3. The van der Waals surface area contributed by atoms with Gasteiger partial charge in [0.1, 0.15) is 0 Å². The van der Waals surface area contributed by atoms with Gasteiger partial charge in [0.2, 0.25) is 0 Å². The van der Waals surface area contributed by atoms with Crippen molar-refractivity contribution in [2.75, 3.05) is 26.2 Å². The topological polar surface area (TPSA) is 35.5 Å². The Bertz CT molecular complexity index is 185. The zero-order chi connectivity index (χ0) is 12.0. The molecule has 3 heteroatoms. The van der Waals surface area contributed by atoms with Gasteiger partial charge in [0.15, 0.2) is 0 Å². The summed E-state index contributed by atoms with van der Waals surface area (Å²) in [5.74, 6) is 0.510. The number of hydrogen-bond donors (Lipinski definition) is 2. The first kappa shape index (κ1) is 13.9. The van der Waals surface area contributed by atoms with E-state index in [1.165, 1.54) is 38.9 Å². The van der Waals surface area contributed by atoms with Crippen molar-refractivity contribution in [3.05, 3.63) is 0 Å². The molecule has 0 aromatic rings. The minimum atomic E-state index is 0.256. The van der Waals surface area contributed by atoms with Crippen molar-refractivity contribution in [3.8, 4) is 0 Å². The van der Waals surface area contributed by atoms with Crippen LogP contribution in [-0.2, 0) is 0 Å². The Morgan fingerprint density at radius 1 is 1.31 bits per heavy atom. The van der Waals surface area contributed by atoms with Crippen molar-refractivity contribution in [3.63, 3.8) is 0 Å².